The molecule has 2 atom stereocenters. The average Bonchev–Trinajstić information content (AvgIpc) is 3.05. The molecule has 2 unspecified atom stereocenters. The fourth-order valence-corrected chi connectivity index (χ4v) is 5.76. The largest absolute Gasteiger partial charge is 0.481 e. The van der Waals surface area contributed by atoms with Gasteiger partial charge >= 0.3 is 36.3 Å². The van der Waals surface area contributed by atoms with Gasteiger partial charge in [0.1, 0.15) is 33.7 Å². The minimum Gasteiger partial charge on any atom is -0.481 e. The van der Waals surface area contributed by atoms with Crippen molar-refractivity contribution in [1.82, 2.24) is 41.7 Å². The molecule has 0 radical (unpaired) electrons. The summed E-state index contributed by atoms with van der Waals surface area (Å²) in [6.07, 6.45) is -4.62. The molecule has 0 bridgehead atoms. The van der Waals surface area contributed by atoms with Gasteiger partial charge in [-0.05, 0) is 95.9 Å². The summed E-state index contributed by atoms with van der Waals surface area (Å²) in [5.74, 6) is -3.49. The average molecular weight is 889 g/mol. The summed E-state index contributed by atoms with van der Waals surface area (Å²) in [6.45, 7) is 17.5. The summed E-state index contributed by atoms with van der Waals surface area (Å²) in [4.78, 5) is 106. The van der Waals surface area contributed by atoms with Crippen LogP contribution < -0.4 is 31.9 Å². The summed E-state index contributed by atoms with van der Waals surface area (Å²) >= 11 is 0. The number of nitrogens with zero attached hydrogens (tertiary/aromatic N) is 2. The van der Waals surface area contributed by atoms with Crippen LogP contribution in [0.1, 0.15) is 122 Å². The smallest absolute Gasteiger partial charge is 0.410 e. The van der Waals surface area contributed by atoms with Crippen molar-refractivity contribution < 1.29 is 67.5 Å². The molecular weight excluding hydrogens is 816 g/mol. The molecule has 0 aromatic rings. The highest BCUT2D eigenvalue weighted by molar-refractivity contribution is 5.79. The molecule has 1 rings (SSSR count). The topological polar surface area (TPSA) is 293 Å². The first-order valence-electron chi connectivity index (χ1n) is 20.7. The first-order valence-corrected chi connectivity index (χ1v) is 20.7. The van der Waals surface area contributed by atoms with E-state index in [0.29, 0.717) is 0 Å². The lowest BCUT2D eigenvalue weighted by Crippen LogP contribution is -2.73. The van der Waals surface area contributed by atoms with E-state index in [0.717, 1.165) is 0 Å². The lowest BCUT2D eigenvalue weighted by atomic mass is 10.1. The standard InChI is InChI=1S/C40H72N8O14/c1-35(2,3)59-31(55)41-23-39(45-27(49)15-13-17-29(51)52)25-47(33(57)61-37(7,8)9)21-22-48(34(58)62-38(10,11)12)26-40(44-20-19-43-39,24-42-32(56)60-36(4,5)6)46-28(50)16-14-18-30(53)54/h43-44H,13-26H2,1-12H3,(H,41,55)(H,42,56)(H,45,49)(H,46,50)(H,51,52)(H,53,54). The highest BCUT2D eigenvalue weighted by atomic mass is 16.6. The van der Waals surface area contributed by atoms with Crippen LogP contribution in [0.25, 0.3) is 0 Å². The molecule has 0 aromatic heterocycles. The molecule has 1 fully saturated rings. The van der Waals surface area contributed by atoms with Crippen molar-refractivity contribution in [3.8, 4) is 0 Å². The van der Waals surface area contributed by atoms with Crippen LogP contribution in [0.15, 0.2) is 0 Å². The van der Waals surface area contributed by atoms with E-state index < -0.39 is 94.9 Å². The zero-order valence-electron chi connectivity index (χ0n) is 38.6. The van der Waals surface area contributed by atoms with E-state index in [9.17, 15) is 48.6 Å². The van der Waals surface area contributed by atoms with Crippen molar-refractivity contribution in [3.05, 3.63) is 0 Å². The summed E-state index contributed by atoms with van der Waals surface area (Å²) in [6, 6.07) is 0. The monoisotopic (exact) mass is 889 g/mol. The Labute approximate surface area is 364 Å². The fraction of sp³-hybridized carbons (Fsp3) is 0.800. The molecule has 8 N–H and O–H groups in total. The van der Waals surface area contributed by atoms with E-state index in [1.807, 2.05) is 0 Å². The Morgan fingerprint density at radius 1 is 0.516 bits per heavy atom. The number of aliphatic carboxylic acids is 2. The molecule has 1 aliphatic heterocycles. The summed E-state index contributed by atoms with van der Waals surface area (Å²) in [5, 5.41) is 35.9. The number of alkyl carbamates (subject to hydrolysis) is 2. The predicted octanol–water partition coefficient (Wildman–Crippen LogP) is 2.84. The highest BCUT2D eigenvalue weighted by Gasteiger charge is 2.42. The molecule has 1 aliphatic rings. The molecule has 6 amide bonds. The van der Waals surface area contributed by atoms with Gasteiger partial charge in [-0.15, -0.1) is 0 Å². The van der Waals surface area contributed by atoms with Gasteiger partial charge in [0.25, 0.3) is 0 Å². The van der Waals surface area contributed by atoms with Gasteiger partial charge in [0.2, 0.25) is 11.8 Å². The number of carboxylic acids is 2. The van der Waals surface area contributed by atoms with Gasteiger partial charge in [0.15, 0.2) is 0 Å². The lowest BCUT2D eigenvalue weighted by molar-refractivity contribution is -0.138. The van der Waals surface area contributed by atoms with Crippen molar-refractivity contribution in [3.63, 3.8) is 0 Å². The SMILES string of the molecule is CC(C)(C)OC(=O)NCC1(NC(=O)CCCC(=O)O)CN(C(=O)OC(C)(C)C)CCN(C(=O)OC(C)(C)C)CC(CNC(=O)OC(C)(C)C)(NC(=O)CCCC(=O)O)NCCN1. The number of ether oxygens (including phenoxy) is 4. The molecule has 0 aromatic carbocycles. The Hall–Kier alpha value is -5.12. The van der Waals surface area contributed by atoms with Crippen molar-refractivity contribution in [2.24, 2.45) is 0 Å². The zero-order chi connectivity index (χ0) is 47.7. The third-order valence-electron chi connectivity index (χ3n) is 8.13. The third-order valence-corrected chi connectivity index (χ3v) is 8.13. The van der Waals surface area contributed by atoms with Crippen molar-refractivity contribution in [2.45, 2.75) is 155 Å². The number of amides is 6. The van der Waals surface area contributed by atoms with Crippen LogP contribution in [-0.2, 0) is 38.1 Å². The van der Waals surface area contributed by atoms with E-state index in [2.05, 4.69) is 31.9 Å². The van der Waals surface area contributed by atoms with Crippen LogP contribution in [-0.4, -0.2) is 154 Å². The molecular formula is C40H72N8O14. The molecule has 1 saturated heterocycles. The van der Waals surface area contributed by atoms with Crippen LogP contribution >= 0.6 is 0 Å². The molecule has 0 spiro atoms. The maximum Gasteiger partial charge on any atom is 0.410 e. The number of hydrogen-bond donors (Lipinski definition) is 8. The number of hydrogen-bond acceptors (Lipinski definition) is 14. The van der Waals surface area contributed by atoms with E-state index in [-0.39, 0.29) is 77.8 Å². The predicted molar refractivity (Wildman–Crippen MR) is 225 cm³/mol. The minimum absolute atomic E-state index is 0.0295. The number of carbonyl (C=O) groups excluding carboxylic acids is 6. The molecule has 0 aliphatic carbocycles. The van der Waals surface area contributed by atoms with Gasteiger partial charge in [0.05, 0.1) is 26.2 Å². The van der Waals surface area contributed by atoms with Gasteiger partial charge in [-0.3, -0.25) is 29.8 Å². The number of carbonyl (C=O) groups is 8. The highest BCUT2D eigenvalue weighted by Crippen LogP contribution is 2.18. The van der Waals surface area contributed by atoms with Gasteiger partial charge in [0, 0.05) is 51.9 Å². The van der Waals surface area contributed by atoms with Crippen molar-refractivity contribution in [2.75, 3.05) is 52.4 Å². The molecule has 22 heteroatoms. The fourth-order valence-electron chi connectivity index (χ4n) is 5.76. The van der Waals surface area contributed by atoms with E-state index >= 15 is 0 Å². The Balaban J connectivity index is 4.06. The van der Waals surface area contributed by atoms with Gasteiger partial charge in [-0.25, -0.2) is 19.2 Å². The second-order valence-corrected chi connectivity index (χ2v) is 19.1. The molecule has 0 saturated carbocycles. The number of carboxylic acid groups (broad SMARTS) is 2. The second kappa shape index (κ2) is 23.4. The summed E-state index contributed by atoms with van der Waals surface area (Å²) in [7, 11) is 0. The second-order valence-electron chi connectivity index (χ2n) is 19.1. The van der Waals surface area contributed by atoms with Crippen LogP contribution in [0.4, 0.5) is 19.2 Å². The Morgan fingerprint density at radius 2 is 0.823 bits per heavy atom. The van der Waals surface area contributed by atoms with Crippen LogP contribution in [0.3, 0.4) is 0 Å². The molecule has 1 heterocycles. The van der Waals surface area contributed by atoms with Crippen LogP contribution in [0.2, 0.25) is 0 Å². The van der Waals surface area contributed by atoms with Gasteiger partial charge in [-0.2, -0.15) is 0 Å². The Bertz CT molecular complexity index is 1450. The maximum absolute atomic E-state index is 14.1. The summed E-state index contributed by atoms with van der Waals surface area (Å²) < 4.78 is 22.5. The van der Waals surface area contributed by atoms with E-state index in [1.54, 1.807) is 83.1 Å². The normalized spacial score (nSPS) is 19.4. The first-order chi connectivity index (χ1) is 28.2. The van der Waals surface area contributed by atoms with E-state index in [1.165, 1.54) is 9.80 Å². The third kappa shape index (κ3) is 24.4. The van der Waals surface area contributed by atoms with Gasteiger partial charge in [-0.1, -0.05) is 0 Å². The quantitative estimate of drug-likeness (QED) is 0.116. The lowest BCUT2D eigenvalue weighted by Gasteiger charge is -2.44. The van der Waals surface area contributed by atoms with Crippen molar-refractivity contribution in [1.29, 1.82) is 0 Å². The molecule has 22 nitrogen and oxygen atoms in total. The van der Waals surface area contributed by atoms with Crippen molar-refractivity contribution >= 4 is 48.1 Å². The number of rotatable bonds is 14. The Morgan fingerprint density at radius 3 is 1.10 bits per heavy atom. The Kier molecular flexibility index (Phi) is 20.7. The van der Waals surface area contributed by atoms with Crippen LogP contribution in [0, 0.1) is 0 Å². The molecule has 356 valence electrons. The van der Waals surface area contributed by atoms with Gasteiger partial charge < -0.3 is 60.2 Å². The van der Waals surface area contributed by atoms with Crippen LogP contribution in [0.5, 0.6) is 0 Å². The molecule has 62 heavy (non-hydrogen) atoms. The minimum atomic E-state index is -1.72. The number of nitrogens with one attached hydrogen (secondary N) is 6. The summed E-state index contributed by atoms with van der Waals surface area (Å²) in [5.41, 5.74) is -7.30. The van der Waals surface area contributed by atoms with E-state index in [4.69, 9.17) is 18.9 Å². The first kappa shape index (κ1) is 54.9. The zero-order valence-corrected chi connectivity index (χ0v) is 38.6. The maximum atomic E-state index is 14.1.